The summed E-state index contributed by atoms with van der Waals surface area (Å²) in [7, 11) is 0. The van der Waals surface area contributed by atoms with Crippen molar-refractivity contribution in [1.82, 2.24) is 9.38 Å². The third-order valence-corrected chi connectivity index (χ3v) is 4.02. The molecule has 0 unspecified atom stereocenters. The Labute approximate surface area is 117 Å². The van der Waals surface area contributed by atoms with Crippen LogP contribution in [-0.4, -0.2) is 14.6 Å². The molecule has 0 bridgehead atoms. The minimum Gasteiger partial charge on any atom is -0.300 e. The van der Waals surface area contributed by atoms with Crippen LogP contribution in [0.25, 0.3) is 16.9 Å². The summed E-state index contributed by atoms with van der Waals surface area (Å²) in [5, 5.41) is 0.570. The molecule has 2 aromatic heterocycles. The summed E-state index contributed by atoms with van der Waals surface area (Å²) in [4.78, 5) is 5.78. The Morgan fingerprint density at radius 1 is 1.05 bits per heavy atom. The van der Waals surface area contributed by atoms with Gasteiger partial charge in [-0.25, -0.2) is 4.98 Å². The van der Waals surface area contributed by atoms with E-state index in [-0.39, 0.29) is 0 Å². The van der Waals surface area contributed by atoms with Crippen molar-refractivity contribution in [3.63, 3.8) is 0 Å². The fourth-order valence-electron chi connectivity index (χ4n) is 2.17. The second kappa shape index (κ2) is 5.10. The lowest BCUT2D eigenvalue weighted by Gasteiger charge is -2.10. The van der Waals surface area contributed by atoms with Crippen LogP contribution in [0.1, 0.15) is 13.8 Å². The molecule has 2 nitrogen and oxygen atoms in total. The maximum Gasteiger partial charge on any atom is 0.137 e. The highest BCUT2D eigenvalue weighted by molar-refractivity contribution is 8.00. The Hall–Kier alpha value is -1.74. The number of benzene rings is 1. The van der Waals surface area contributed by atoms with E-state index in [0.717, 1.165) is 11.3 Å². The quantitative estimate of drug-likeness (QED) is 0.651. The first-order valence-electron chi connectivity index (χ1n) is 6.44. The molecule has 0 fully saturated rings. The summed E-state index contributed by atoms with van der Waals surface area (Å²) < 4.78 is 2.14. The number of thioether (sulfide) groups is 1. The van der Waals surface area contributed by atoms with Crippen LogP contribution in [0.4, 0.5) is 0 Å². The fraction of sp³-hybridized carbons (Fsp3) is 0.188. The second-order valence-electron chi connectivity index (χ2n) is 4.74. The molecular formula is C16H16N2S. The summed E-state index contributed by atoms with van der Waals surface area (Å²) in [6, 6.07) is 14.6. The van der Waals surface area contributed by atoms with E-state index < -0.39 is 0 Å². The van der Waals surface area contributed by atoms with Gasteiger partial charge in [0, 0.05) is 21.9 Å². The number of nitrogens with zero attached hydrogens (tertiary/aromatic N) is 2. The maximum atomic E-state index is 4.47. The molecule has 0 saturated carbocycles. The maximum absolute atomic E-state index is 4.47. The number of hydrogen-bond donors (Lipinski definition) is 0. The summed E-state index contributed by atoms with van der Waals surface area (Å²) in [5.41, 5.74) is 3.39. The minimum atomic E-state index is 0.570. The molecular weight excluding hydrogens is 252 g/mol. The Morgan fingerprint density at radius 2 is 1.84 bits per heavy atom. The zero-order valence-corrected chi connectivity index (χ0v) is 11.9. The first kappa shape index (κ1) is 12.3. The van der Waals surface area contributed by atoms with Crippen molar-refractivity contribution in [3.05, 3.63) is 54.9 Å². The van der Waals surface area contributed by atoms with E-state index in [0.29, 0.717) is 5.25 Å². The van der Waals surface area contributed by atoms with Gasteiger partial charge in [-0.3, -0.25) is 4.40 Å². The van der Waals surface area contributed by atoms with E-state index in [1.807, 2.05) is 36.2 Å². The van der Waals surface area contributed by atoms with E-state index in [1.54, 1.807) is 0 Å². The third-order valence-electron chi connectivity index (χ3n) is 2.94. The smallest absolute Gasteiger partial charge is 0.137 e. The molecule has 0 spiro atoms. The molecule has 0 aliphatic heterocycles. The predicted octanol–water partition coefficient (Wildman–Crippen LogP) is 4.50. The minimum absolute atomic E-state index is 0.570. The van der Waals surface area contributed by atoms with Gasteiger partial charge in [0.25, 0.3) is 0 Å². The van der Waals surface area contributed by atoms with E-state index in [4.69, 9.17) is 0 Å². The van der Waals surface area contributed by atoms with Crippen LogP contribution in [0.15, 0.2) is 59.8 Å². The van der Waals surface area contributed by atoms with Crippen LogP contribution < -0.4 is 0 Å². The number of rotatable bonds is 3. The normalized spacial score (nSPS) is 11.3. The molecule has 96 valence electrons. The van der Waals surface area contributed by atoms with Gasteiger partial charge in [-0.2, -0.15) is 0 Å². The molecule has 0 saturated heterocycles. The Bertz CT molecular complexity index is 701. The van der Waals surface area contributed by atoms with Crippen molar-refractivity contribution >= 4 is 17.4 Å². The topological polar surface area (TPSA) is 17.3 Å². The average molecular weight is 268 g/mol. The molecule has 1 aromatic carbocycles. The average Bonchev–Trinajstić information content (AvgIpc) is 2.82. The molecule has 2 heterocycles. The first-order valence-corrected chi connectivity index (χ1v) is 7.32. The highest BCUT2D eigenvalue weighted by Crippen LogP contribution is 2.33. The van der Waals surface area contributed by atoms with Crippen LogP contribution in [0.2, 0.25) is 0 Å². The second-order valence-corrected chi connectivity index (χ2v) is 6.35. The van der Waals surface area contributed by atoms with Gasteiger partial charge < -0.3 is 0 Å². The molecule has 0 aliphatic carbocycles. The lowest BCUT2D eigenvalue weighted by molar-refractivity contribution is 1.11. The van der Waals surface area contributed by atoms with Crippen molar-refractivity contribution in [2.45, 2.75) is 24.0 Å². The standard InChI is InChI=1S/C16H16N2S/c1-12(2)19-15-8-4-3-7-13(15)14-11-17-16-9-5-6-10-18(14)16/h3-12H,1-2H3. The lowest BCUT2D eigenvalue weighted by Crippen LogP contribution is -1.92. The van der Waals surface area contributed by atoms with Gasteiger partial charge in [-0.05, 0) is 18.2 Å². The zero-order valence-electron chi connectivity index (χ0n) is 11.1. The van der Waals surface area contributed by atoms with E-state index in [9.17, 15) is 0 Å². The number of fused-ring (bicyclic) bond motifs is 1. The van der Waals surface area contributed by atoms with Crippen molar-refractivity contribution in [1.29, 1.82) is 0 Å². The van der Waals surface area contributed by atoms with Crippen molar-refractivity contribution in [3.8, 4) is 11.3 Å². The molecule has 0 N–H and O–H groups in total. The van der Waals surface area contributed by atoms with Crippen molar-refractivity contribution in [2.24, 2.45) is 0 Å². The van der Waals surface area contributed by atoms with Gasteiger partial charge in [0.2, 0.25) is 0 Å². The highest BCUT2D eigenvalue weighted by atomic mass is 32.2. The molecule has 0 atom stereocenters. The van der Waals surface area contributed by atoms with Gasteiger partial charge in [-0.15, -0.1) is 11.8 Å². The SMILES string of the molecule is CC(C)Sc1ccccc1-c1cnc2ccccn12. The highest BCUT2D eigenvalue weighted by Gasteiger charge is 2.10. The monoisotopic (exact) mass is 268 g/mol. The number of imidazole rings is 1. The van der Waals surface area contributed by atoms with E-state index in [2.05, 4.69) is 53.7 Å². The van der Waals surface area contributed by atoms with Crippen LogP contribution >= 0.6 is 11.8 Å². The molecule has 3 aromatic rings. The van der Waals surface area contributed by atoms with E-state index >= 15 is 0 Å². The van der Waals surface area contributed by atoms with E-state index in [1.165, 1.54) is 10.5 Å². The Kier molecular flexibility index (Phi) is 3.30. The largest absolute Gasteiger partial charge is 0.300 e. The van der Waals surface area contributed by atoms with Crippen molar-refractivity contribution < 1.29 is 0 Å². The number of pyridine rings is 1. The van der Waals surface area contributed by atoms with Crippen molar-refractivity contribution in [2.75, 3.05) is 0 Å². The number of aromatic nitrogens is 2. The summed E-state index contributed by atoms with van der Waals surface area (Å²) in [6.07, 6.45) is 4.02. The third kappa shape index (κ3) is 2.38. The van der Waals surface area contributed by atoms with Crippen LogP contribution in [-0.2, 0) is 0 Å². The van der Waals surface area contributed by atoms with Crippen LogP contribution in [0.3, 0.4) is 0 Å². The molecule has 19 heavy (non-hydrogen) atoms. The Balaban J connectivity index is 2.16. The molecule has 0 aliphatic rings. The molecule has 3 heteroatoms. The zero-order chi connectivity index (χ0) is 13.2. The van der Waals surface area contributed by atoms with Gasteiger partial charge >= 0.3 is 0 Å². The summed E-state index contributed by atoms with van der Waals surface area (Å²) in [6.45, 7) is 4.44. The number of hydrogen-bond acceptors (Lipinski definition) is 2. The molecule has 0 amide bonds. The van der Waals surface area contributed by atoms with Gasteiger partial charge in [0.1, 0.15) is 5.65 Å². The predicted molar refractivity (Wildman–Crippen MR) is 81.6 cm³/mol. The summed E-state index contributed by atoms with van der Waals surface area (Å²) in [5.74, 6) is 0. The van der Waals surface area contributed by atoms with Gasteiger partial charge in [0.15, 0.2) is 0 Å². The Morgan fingerprint density at radius 3 is 2.68 bits per heavy atom. The lowest BCUT2D eigenvalue weighted by atomic mass is 10.2. The first-order chi connectivity index (χ1) is 9.25. The molecule has 3 rings (SSSR count). The molecule has 0 radical (unpaired) electrons. The van der Waals surface area contributed by atoms with Crippen LogP contribution in [0.5, 0.6) is 0 Å². The fourth-order valence-corrected chi connectivity index (χ4v) is 3.13. The van der Waals surface area contributed by atoms with Gasteiger partial charge in [0.05, 0.1) is 11.9 Å². The summed E-state index contributed by atoms with van der Waals surface area (Å²) >= 11 is 1.89. The van der Waals surface area contributed by atoms with Gasteiger partial charge in [-0.1, -0.05) is 38.1 Å². The van der Waals surface area contributed by atoms with Crippen LogP contribution in [0, 0.1) is 0 Å².